The van der Waals surface area contributed by atoms with Gasteiger partial charge < -0.3 is 4.90 Å². The number of nitrogens with zero attached hydrogens (tertiary/aromatic N) is 2. The number of sulfone groups is 1. The molecular weight excluding hydrogens is 353 g/mol. The van der Waals surface area contributed by atoms with Crippen molar-refractivity contribution in [3.8, 4) is 0 Å². The van der Waals surface area contributed by atoms with Crippen LogP contribution in [0.3, 0.4) is 0 Å². The molecule has 1 amide bonds. The number of nitro groups is 1. The molecule has 11 heteroatoms. The van der Waals surface area contributed by atoms with E-state index in [-0.39, 0.29) is 24.5 Å². The van der Waals surface area contributed by atoms with Gasteiger partial charge in [-0.25, -0.2) is 17.2 Å². The van der Waals surface area contributed by atoms with E-state index in [4.69, 9.17) is 0 Å². The maximum atomic E-state index is 13.9. The molecule has 1 heterocycles. The van der Waals surface area contributed by atoms with Gasteiger partial charge in [0.2, 0.25) is 11.6 Å². The standard InChI is InChI=1S/C13H13F3N2O5S/c1-2-17(7-3-4-24(22,23)6-7)13(19)8-5-9(18(20)21)11(15)12(16)10(8)14/h5,7H,2-4,6H2,1H3. The monoisotopic (exact) mass is 366 g/mol. The number of carbonyl (C=O) groups is 1. The maximum absolute atomic E-state index is 13.9. The van der Waals surface area contributed by atoms with E-state index >= 15 is 0 Å². The van der Waals surface area contributed by atoms with Crippen molar-refractivity contribution in [3.63, 3.8) is 0 Å². The average molecular weight is 366 g/mol. The zero-order valence-corrected chi connectivity index (χ0v) is 13.3. The van der Waals surface area contributed by atoms with Gasteiger partial charge in [0.1, 0.15) is 0 Å². The molecule has 1 aliphatic heterocycles. The number of amides is 1. The summed E-state index contributed by atoms with van der Waals surface area (Å²) in [6, 6.07) is -0.429. The number of carbonyl (C=O) groups excluding carboxylic acids is 1. The summed E-state index contributed by atoms with van der Waals surface area (Å²) in [7, 11) is -3.34. The zero-order chi connectivity index (χ0) is 18.2. The fourth-order valence-corrected chi connectivity index (χ4v) is 4.35. The van der Waals surface area contributed by atoms with Crippen LogP contribution >= 0.6 is 0 Å². The topological polar surface area (TPSA) is 97.6 Å². The van der Waals surface area contributed by atoms with Crippen molar-refractivity contribution in [3.05, 3.63) is 39.2 Å². The lowest BCUT2D eigenvalue weighted by atomic mass is 10.1. The Hall–Kier alpha value is -2.17. The van der Waals surface area contributed by atoms with Crippen molar-refractivity contribution in [2.75, 3.05) is 18.1 Å². The number of hydrogen-bond donors (Lipinski definition) is 0. The summed E-state index contributed by atoms with van der Waals surface area (Å²) in [4.78, 5) is 22.8. The van der Waals surface area contributed by atoms with Gasteiger partial charge in [-0.15, -0.1) is 0 Å². The molecule has 0 spiro atoms. The molecule has 7 nitrogen and oxygen atoms in total. The minimum absolute atomic E-state index is 0.0226. The molecule has 0 N–H and O–H groups in total. The highest BCUT2D eigenvalue weighted by atomic mass is 32.2. The van der Waals surface area contributed by atoms with E-state index < -0.39 is 55.4 Å². The third kappa shape index (κ3) is 3.21. The Morgan fingerprint density at radius 3 is 2.42 bits per heavy atom. The Balaban J connectivity index is 2.46. The second-order valence-electron chi connectivity index (χ2n) is 5.29. The van der Waals surface area contributed by atoms with E-state index in [2.05, 4.69) is 0 Å². The minimum Gasteiger partial charge on any atom is -0.335 e. The Labute approximate surface area is 135 Å². The second kappa shape index (κ2) is 6.38. The van der Waals surface area contributed by atoms with Gasteiger partial charge in [-0.3, -0.25) is 14.9 Å². The quantitative estimate of drug-likeness (QED) is 0.459. The summed E-state index contributed by atoms with van der Waals surface area (Å²) in [6.07, 6.45) is 0.120. The van der Waals surface area contributed by atoms with Crippen LogP contribution in [0, 0.1) is 27.6 Å². The molecule has 1 aromatic rings. The lowest BCUT2D eigenvalue weighted by Gasteiger charge is -2.27. The third-order valence-corrected chi connectivity index (χ3v) is 5.56. The molecule has 24 heavy (non-hydrogen) atoms. The highest BCUT2D eigenvalue weighted by Crippen LogP contribution is 2.28. The second-order valence-corrected chi connectivity index (χ2v) is 7.52. The Kier molecular flexibility index (Phi) is 4.83. The predicted octanol–water partition coefficient (Wildman–Crippen LogP) is 1.66. The largest absolute Gasteiger partial charge is 0.335 e. The van der Waals surface area contributed by atoms with E-state index in [0.717, 1.165) is 4.90 Å². The first-order valence-corrected chi connectivity index (χ1v) is 8.74. The van der Waals surface area contributed by atoms with Gasteiger partial charge in [0.15, 0.2) is 15.7 Å². The average Bonchev–Trinajstić information content (AvgIpc) is 2.85. The highest BCUT2D eigenvalue weighted by molar-refractivity contribution is 7.91. The van der Waals surface area contributed by atoms with Gasteiger partial charge in [0.25, 0.3) is 5.91 Å². The molecule has 2 rings (SSSR count). The maximum Gasteiger partial charge on any atom is 0.308 e. The predicted molar refractivity (Wildman–Crippen MR) is 76.7 cm³/mol. The van der Waals surface area contributed by atoms with Crippen LogP contribution in [0.25, 0.3) is 0 Å². The molecule has 1 unspecified atom stereocenters. The fourth-order valence-electron chi connectivity index (χ4n) is 2.62. The molecule has 1 saturated heterocycles. The molecule has 0 aliphatic carbocycles. The van der Waals surface area contributed by atoms with Gasteiger partial charge in [0, 0.05) is 18.7 Å². The van der Waals surface area contributed by atoms with Crippen LogP contribution in [0.5, 0.6) is 0 Å². The van der Waals surface area contributed by atoms with Crippen LogP contribution in [0.2, 0.25) is 0 Å². The van der Waals surface area contributed by atoms with Gasteiger partial charge >= 0.3 is 5.69 Å². The smallest absolute Gasteiger partial charge is 0.308 e. The van der Waals surface area contributed by atoms with Crippen LogP contribution in [0.4, 0.5) is 18.9 Å². The van der Waals surface area contributed by atoms with Crippen molar-refractivity contribution < 1.29 is 31.3 Å². The molecule has 1 atom stereocenters. The number of rotatable bonds is 4. The number of benzene rings is 1. The molecule has 132 valence electrons. The van der Waals surface area contributed by atoms with Crippen molar-refractivity contribution in [2.45, 2.75) is 19.4 Å². The molecule has 0 saturated carbocycles. The molecule has 1 aromatic carbocycles. The van der Waals surface area contributed by atoms with Gasteiger partial charge in [0.05, 0.1) is 22.0 Å². The first-order chi connectivity index (χ1) is 11.1. The molecular formula is C13H13F3N2O5S. The summed E-state index contributed by atoms with van der Waals surface area (Å²) < 4.78 is 63.8. The van der Waals surface area contributed by atoms with E-state index in [9.17, 15) is 36.5 Å². The number of hydrogen-bond acceptors (Lipinski definition) is 5. The number of halogens is 3. The Morgan fingerprint density at radius 2 is 1.96 bits per heavy atom. The molecule has 1 aliphatic rings. The minimum atomic E-state index is -3.34. The van der Waals surface area contributed by atoms with E-state index in [1.54, 1.807) is 0 Å². The normalized spacial score (nSPS) is 19.2. The summed E-state index contributed by atoms with van der Waals surface area (Å²) in [5, 5.41) is 10.7. The molecule has 0 aromatic heterocycles. The van der Waals surface area contributed by atoms with Crippen molar-refractivity contribution >= 4 is 21.4 Å². The van der Waals surface area contributed by atoms with Gasteiger partial charge in [-0.2, -0.15) is 4.39 Å². The van der Waals surface area contributed by atoms with Crippen molar-refractivity contribution in [1.29, 1.82) is 0 Å². The van der Waals surface area contributed by atoms with Crippen LogP contribution in [-0.4, -0.2) is 48.2 Å². The van der Waals surface area contributed by atoms with Gasteiger partial charge in [-0.05, 0) is 13.3 Å². The Bertz CT molecular complexity index is 812. The first-order valence-electron chi connectivity index (χ1n) is 6.92. The van der Waals surface area contributed by atoms with Gasteiger partial charge in [-0.1, -0.05) is 0 Å². The fraction of sp³-hybridized carbons (Fsp3) is 0.462. The SMILES string of the molecule is CCN(C(=O)c1cc([N+](=O)[O-])c(F)c(F)c1F)C1CCS(=O)(=O)C1. The highest BCUT2D eigenvalue weighted by Gasteiger charge is 2.37. The van der Waals surface area contributed by atoms with Crippen LogP contribution in [-0.2, 0) is 9.84 Å². The lowest BCUT2D eigenvalue weighted by Crippen LogP contribution is -2.41. The molecule has 0 bridgehead atoms. The lowest BCUT2D eigenvalue weighted by molar-refractivity contribution is -0.387. The summed E-state index contributed by atoms with van der Waals surface area (Å²) in [5.41, 5.74) is -2.38. The van der Waals surface area contributed by atoms with Crippen LogP contribution in [0.1, 0.15) is 23.7 Å². The van der Waals surface area contributed by atoms with Crippen LogP contribution < -0.4 is 0 Å². The summed E-state index contributed by atoms with van der Waals surface area (Å²) in [6.45, 7) is 1.47. The zero-order valence-electron chi connectivity index (χ0n) is 12.5. The first kappa shape index (κ1) is 18.2. The van der Waals surface area contributed by atoms with E-state index in [1.165, 1.54) is 6.92 Å². The summed E-state index contributed by atoms with van der Waals surface area (Å²) >= 11 is 0. The van der Waals surface area contributed by atoms with Crippen molar-refractivity contribution in [2.24, 2.45) is 0 Å². The van der Waals surface area contributed by atoms with E-state index in [1.807, 2.05) is 0 Å². The van der Waals surface area contributed by atoms with E-state index in [0.29, 0.717) is 6.07 Å². The third-order valence-electron chi connectivity index (χ3n) is 3.81. The van der Waals surface area contributed by atoms with Crippen LogP contribution in [0.15, 0.2) is 6.07 Å². The molecule has 0 radical (unpaired) electrons. The molecule has 1 fully saturated rings. The number of nitro benzene ring substituents is 1. The van der Waals surface area contributed by atoms with Crippen molar-refractivity contribution in [1.82, 2.24) is 4.90 Å². The summed E-state index contributed by atoms with van der Waals surface area (Å²) in [5.74, 6) is -7.58. The Morgan fingerprint density at radius 1 is 1.33 bits per heavy atom.